The molecule has 3 rings (SSSR count). The number of carbonyl (C=O) groups is 2. The Morgan fingerprint density at radius 2 is 2.00 bits per heavy atom. The summed E-state index contributed by atoms with van der Waals surface area (Å²) in [6.45, 7) is -0.210. The minimum atomic E-state index is -0.413. The Hall–Kier alpha value is -3.19. The van der Waals surface area contributed by atoms with E-state index in [2.05, 4.69) is 15.6 Å². The first-order valence-corrected chi connectivity index (χ1v) is 8.12. The van der Waals surface area contributed by atoms with Crippen molar-refractivity contribution in [3.05, 3.63) is 69.7 Å². The predicted octanol–water partition coefficient (Wildman–Crippen LogP) is 2.05. The van der Waals surface area contributed by atoms with Crippen LogP contribution in [0.4, 0.5) is 5.69 Å². The molecule has 132 valence electrons. The lowest BCUT2D eigenvalue weighted by Gasteiger charge is -2.09. The number of hydrogen-bond donors (Lipinski definition) is 2. The molecule has 0 fully saturated rings. The lowest BCUT2D eigenvalue weighted by molar-refractivity contribution is -0.116. The molecule has 0 aliphatic heterocycles. The van der Waals surface area contributed by atoms with Crippen LogP contribution in [0.1, 0.15) is 10.4 Å². The van der Waals surface area contributed by atoms with E-state index in [1.807, 2.05) is 0 Å². The maximum atomic E-state index is 12.5. The minimum Gasteiger partial charge on any atom is -0.355 e. The van der Waals surface area contributed by atoms with E-state index in [0.29, 0.717) is 27.2 Å². The fraction of sp³-hybridized carbons (Fsp3) is 0.111. The summed E-state index contributed by atoms with van der Waals surface area (Å²) in [4.78, 5) is 40.6. The van der Waals surface area contributed by atoms with E-state index >= 15 is 0 Å². The zero-order valence-electron chi connectivity index (χ0n) is 13.8. The number of benzene rings is 2. The maximum Gasteiger partial charge on any atom is 0.261 e. The Kier molecular flexibility index (Phi) is 4.99. The summed E-state index contributed by atoms with van der Waals surface area (Å²) in [5, 5.41) is 5.94. The summed E-state index contributed by atoms with van der Waals surface area (Å²) in [6, 6.07) is 11.3. The number of fused-ring (bicyclic) bond motifs is 1. The quantitative estimate of drug-likeness (QED) is 0.735. The first-order chi connectivity index (χ1) is 12.5. The van der Waals surface area contributed by atoms with Crippen LogP contribution in [-0.2, 0) is 11.3 Å². The summed E-state index contributed by atoms with van der Waals surface area (Å²) < 4.78 is 1.20. The summed E-state index contributed by atoms with van der Waals surface area (Å²) in [6.07, 6.45) is 1.32. The van der Waals surface area contributed by atoms with Gasteiger partial charge in [-0.05, 0) is 36.4 Å². The van der Waals surface area contributed by atoms with Gasteiger partial charge in [-0.15, -0.1) is 0 Å². The monoisotopic (exact) mass is 370 g/mol. The number of nitrogens with zero attached hydrogens (tertiary/aromatic N) is 2. The molecule has 0 spiro atoms. The average Bonchev–Trinajstić information content (AvgIpc) is 2.64. The molecule has 2 amide bonds. The Balaban J connectivity index is 1.80. The van der Waals surface area contributed by atoms with Crippen LogP contribution < -0.4 is 16.2 Å². The van der Waals surface area contributed by atoms with Crippen LogP contribution in [0.25, 0.3) is 10.9 Å². The van der Waals surface area contributed by atoms with Crippen molar-refractivity contribution in [1.82, 2.24) is 14.9 Å². The van der Waals surface area contributed by atoms with Crippen LogP contribution in [-0.4, -0.2) is 28.4 Å². The predicted molar refractivity (Wildman–Crippen MR) is 99.5 cm³/mol. The van der Waals surface area contributed by atoms with Crippen molar-refractivity contribution in [2.24, 2.45) is 0 Å². The number of aromatic nitrogens is 2. The third-order valence-electron chi connectivity index (χ3n) is 3.74. The highest BCUT2D eigenvalue weighted by molar-refractivity contribution is 6.31. The van der Waals surface area contributed by atoms with Gasteiger partial charge in [0.1, 0.15) is 6.54 Å². The Morgan fingerprint density at radius 3 is 2.77 bits per heavy atom. The second-order valence-electron chi connectivity index (χ2n) is 5.55. The number of carbonyl (C=O) groups excluding carboxylic acids is 2. The molecule has 26 heavy (non-hydrogen) atoms. The zero-order valence-corrected chi connectivity index (χ0v) is 14.6. The molecule has 0 aliphatic rings. The van der Waals surface area contributed by atoms with Crippen molar-refractivity contribution in [3.63, 3.8) is 0 Å². The van der Waals surface area contributed by atoms with Crippen molar-refractivity contribution in [2.75, 3.05) is 12.4 Å². The Labute approximate surface area is 153 Å². The van der Waals surface area contributed by atoms with Gasteiger partial charge in [-0.1, -0.05) is 17.7 Å². The SMILES string of the molecule is CNC(=O)c1cccc(NC(=O)Cn2cnc3ccc(Cl)cc3c2=O)c1. The van der Waals surface area contributed by atoms with Gasteiger partial charge in [0.25, 0.3) is 11.5 Å². The lowest BCUT2D eigenvalue weighted by atomic mass is 10.2. The van der Waals surface area contributed by atoms with Crippen molar-refractivity contribution in [3.8, 4) is 0 Å². The maximum absolute atomic E-state index is 12.5. The van der Waals surface area contributed by atoms with E-state index in [1.54, 1.807) is 36.4 Å². The molecule has 1 heterocycles. The first kappa shape index (κ1) is 17.6. The molecule has 2 aromatic carbocycles. The molecule has 2 N–H and O–H groups in total. The largest absolute Gasteiger partial charge is 0.355 e. The summed E-state index contributed by atoms with van der Waals surface area (Å²) in [5.41, 5.74) is 1.03. The van der Waals surface area contributed by atoms with E-state index in [-0.39, 0.29) is 18.0 Å². The summed E-state index contributed by atoms with van der Waals surface area (Å²) >= 11 is 5.92. The van der Waals surface area contributed by atoms with Crippen molar-refractivity contribution in [2.45, 2.75) is 6.54 Å². The van der Waals surface area contributed by atoms with Crippen LogP contribution in [0.3, 0.4) is 0 Å². The molecule has 8 heteroatoms. The third kappa shape index (κ3) is 3.73. The second kappa shape index (κ2) is 7.37. The molecule has 0 radical (unpaired) electrons. The van der Waals surface area contributed by atoms with Gasteiger partial charge < -0.3 is 10.6 Å². The van der Waals surface area contributed by atoms with Crippen molar-refractivity contribution in [1.29, 1.82) is 0 Å². The number of amides is 2. The Morgan fingerprint density at radius 1 is 1.19 bits per heavy atom. The highest BCUT2D eigenvalue weighted by Gasteiger charge is 2.10. The van der Waals surface area contributed by atoms with Crippen molar-refractivity contribution < 1.29 is 9.59 Å². The van der Waals surface area contributed by atoms with Gasteiger partial charge in [0, 0.05) is 23.3 Å². The van der Waals surface area contributed by atoms with Gasteiger partial charge in [0.2, 0.25) is 5.91 Å². The van der Waals surface area contributed by atoms with Crippen LogP contribution in [0.2, 0.25) is 5.02 Å². The van der Waals surface area contributed by atoms with E-state index in [0.717, 1.165) is 0 Å². The van der Waals surface area contributed by atoms with Gasteiger partial charge in [-0.2, -0.15) is 0 Å². The molecule has 0 unspecified atom stereocenters. The molecule has 1 aromatic heterocycles. The minimum absolute atomic E-state index is 0.210. The molecule has 3 aromatic rings. The van der Waals surface area contributed by atoms with Gasteiger partial charge in [0.15, 0.2) is 0 Å². The number of nitrogens with one attached hydrogen (secondary N) is 2. The fourth-order valence-electron chi connectivity index (χ4n) is 2.48. The number of hydrogen-bond acceptors (Lipinski definition) is 4. The molecular weight excluding hydrogens is 356 g/mol. The van der Waals surface area contributed by atoms with Gasteiger partial charge in [-0.3, -0.25) is 19.0 Å². The number of rotatable bonds is 4. The average molecular weight is 371 g/mol. The van der Waals surface area contributed by atoms with E-state index in [4.69, 9.17) is 11.6 Å². The van der Waals surface area contributed by atoms with E-state index < -0.39 is 5.91 Å². The van der Waals surface area contributed by atoms with E-state index in [1.165, 1.54) is 24.0 Å². The fourth-order valence-corrected chi connectivity index (χ4v) is 2.65. The lowest BCUT2D eigenvalue weighted by Crippen LogP contribution is -2.28. The molecule has 0 saturated carbocycles. The molecule has 0 aliphatic carbocycles. The standard InChI is InChI=1S/C18H15ClN4O3/c1-20-17(25)11-3-2-4-13(7-11)22-16(24)9-23-10-21-15-6-5-12(19)8-14(15)18(23)26/h2-8,10H,9H2,1H3,(H,20,25)(H,22,24). The summed E-state index contributed by atoms with van der Waals surface area (Å²) in [5.74, 6) is -0.669. The normalized spacial score (nSPS) is 10.5. The van der Waals surface area contributed by atoms with Crippen LogP contribution in [0.15, 0.2) is 53.6 Å². The number of anilines is 1. The van der Waals surface area contributed by atoms with Gasteiger partial charge >= 0.3 is 0 Å². The molecule has 0 bridgehead atoms. The highest BCUT2D eigenvalue weighted by atomic mass is 35.5. The first-order valence-electron chi connectivity index (χ1n) is 7.74. The van der Waals surface area contributed by atoms with Crippen LogP contribution in [0, 0.1) is 0 Å². The third-order valence-corrected chi connectivity index (χ3v) is 3.97. The molecule has 7 nitrogen and oxygen atoms in total. The Bertz CT molecular complexity index is 1060. The molecule has 0 atom stereocenters. The smallest absolute Gasteiger partial charge is 0.261 e. The topological polar surface area (TPSA) is 93.1 Å². The van der Waals surface area contributed by atoms with Crippen LogP contribution >= 0.6 is 11.6 Å². The van der Waals surface area contributed by atoms with E-state index in [9.17, 15) is 14.4 Å². The number of halogens is 1. The van der Waals surface area contributed by atoms with Gasteiger partial charge in [0.05, 0.1) is 17.2 Å². The molecular formula is C18H15ClN4O3. The van der Waals surface area contributed by atoms with Gasteiger partial charge in [-0.25, -0.2) is 4.98 Å². The van der Waals surface area contributed by atoms with Crippen molar-refractivity contribution >= 4 is 40.0 Å². The van der Waals surface area contributed by atoms with Crippen LogP contribution in [0.5, 0.6) is 0 Å². The zero-order chi connectivity index (χ0) is 18.7. The second-order valence-corrected chi connectivity index (χ2v) is 5.98. The molecule has 0 saturated heterocycles. The highest BCUT2D eigenvalue weighted by Crippen LogP contribution is 2.14. The summed E-state index contributed by atoms with van der Waals surface area (Å²) in [7, 11) is 1.53.